The molecule has 0 fully saturated rings. The number of halogens is 3. The summed E-state index contributed by atoms with van der Waals surface area (Å²) in [4.78, 5) is 7.19. The molecular formula is C12H10F3N3O3S. The van der Waals surface area contributed by atoms with Gasteiger partial charge in [0.2, 0.25) is 16.0 Å². The van der Waals surface area contributed by atoms with Gasteiger partial charge >= 0.3 is 6.18 Å². The maximum Gasteiger partial charge on any atom is 0.404 e. The lowest BCUT2D eigenvalue weighted by Gasteiger charge is -2.09. The molecule has 0 aliphatic carbocycles. The van der Waals surface area contributed by atoms with Crippen LogP contribution in [-0.4, -0.2) is 30.3 Å². The van der Waals surface area contributed by atoms with Gasteiger partial charge in [-0.05, 0) is 12.1 Å². The van der Waals surface area contributed by atoms with E-state index >= 15 is 0 Å². The summed E-state index contributed by atoms with van der Waals surface area (Å²) in [6.07, 6.45) is -2.56. The zero-order chi connectivity index (χ0) is 16.2. The highest BCUT2D eigenvalue weighted by molar-refractivity contribution is 7.92. The fraction of sp³-hybridized carbons (Fsp3) is 0.167. The number of rotatable bonds is 5. The third-order valence-electron chi connectivity index (χ3n) is 2.21. The Morgan fingerprint density at radius 3 is 2.18 bits per heavy atom. The van der Waals surface area contributed by atoms with Crippen molar-refractivity contribution in [2.45, 2.75) is 6.18 Å². The molecular weight excluding hydrogens is 323 g/mol. The lowest BCUT2D eigenvalue weighted by Crippen LogP contribution is -2.28. The topological polar surface area (TPSA) is 81.2 Å². The summed E-state index contributed by atoms with van der Waals surface area (Å²) in [5, 5.41) is 0. The summed E-state index contributed by atoms with van der Waals surface area (Å²) in [6.45, 7) is 0. The Morgan fingerprint density at radius 1 is 1.05 bits per heavy atom. The summed E-state index contributed by atoms with van der Waals surface area (Å²) in [7, 11) is -4.60. The number of nitrogens with one attached hydrogen (secondary N) is 1. The standard InChI is InChI=1S/C12H10F3N3O3S/c13-12(14,15)8-22(19,20)18-11-16-6-10(7-17-11)21-9-4-2-1-3-5-9/h1-7H,8H2,(H,16,17,18). The molecule has 0 saturated carbocycles. The second kappa shape index (κ2) is 6.18. The predicted octanol–water partition coefficient (Wildman–Crippen LogP) is 2.57. The van der Waals surface area contributed by atoms with Crippen molar-refractivity contribution in [2.75, 3.05) is 10.5 Å². The summed E-state index contributed by atoms with van der Waals surface area (Å²) >= 11 is 0. The first-order chi connectivity index (χ1) is 10.2. The van der Waals surface area contributed by atoms with E-state index < -0.39 is 27.9 Å². The Hall–Kier alpha value is -2.36. The van der Waals surface area contributed by atoms with Gasteiger partial charge in [0.1, 0.15) is 5.75 Å². The molecule has 22 heavy (non-hydrogen) atoms. The zero-order valence-corrected chi connectivity index (χ0v) is 11.7. The number of hydrogen-bond acceptors (Lipinski definition) is 5. The second-order valence-electron chi connectivity index (χ2n) is 4.13. The van der Waals surface area contributed by atoms with Crippen LogP contribution in [0.5, 0.6) is 11.5 Å². The first-order valence-corrected chi connectivity index (χ1v) is 7.51. The van der Waals surface area contributed by atoms with E-state index in [2.05, 4.69) is 9.97 Å². The number of para-hydroxylation sites is 1. The van der Waals surface area contributed by atoms with E-state index in [0.29, 0.717) is 5.75 Å². The summed E-state index contributed by atoms with van der Waals surface area (Å²) in [6, 6.07) is 8.65. The first kappa shape index (κ1) is 16.0. The lowest BCUT2D eigenvalue weighted by atomic mass is 10.3. The maximum atomic E-state index is 12.1. The minimum atomic E-state index is -4.85. The van der Waals surface area contributed by atoms with Gasteiger partial charge in [-0.1, -0.05) is 18.2 Å². The van der Waals surface area contributed by atoms with Crippen LogP contribution in [0.2, 0.25) is 0 Å². The molecule has 1 N–H and O–H groups in total. The molecule has 118 valence electrons. The molecule has 0 aliphatic rings. The Kier molecular flexibility index (Phi) is 4.50. The number of aromatic nitrogens is 2. The second-order valence-corrected chi connectivity index (χ2v) is 5.86. The van der Waals surface area contributed by atoms with Crippen molar-refractivity contribution in [2.24, 2.45) is 0 Å². The number of sulfonamides is 1. The molecule has 1 aromatic carbocycles. The van der Waals surface area contributed by atoms with Gasteiger partial charge in [0.15, 0.2) is 11.5 Å². The number of nitrogens with zero attached hydrogens (tertiary/aromatic N) is 2. The molecule has 2 rings (SSSR count). The van der Waals surface area contributed by atoms with E-state index in [1.165, 1.54) is 0 Å². The van der Waals surface area contributed by atoms with Crippen molar-refractivity contribution in [3.05, 3.63) is 42.7 Å². The molecule has 0 bridgehead atoms. The molecule has 0 unspecified atom stereocenters. The Balaban J connectivity index is 2.03. The van der Waals surface area contributed by atoms with Gasteiger partial charge in [-0.3, -0.25) is 4.72 Å². The van der Waals surface area contributed by atoms with Crippen LogP contribution in [0.15, 0.2) is 42.7 Å². The van der Waals surface area contributed by atoms with Gasteiger partial charge in [0.25, 0.3) is 0 Å². The number of hydrogen-bond donors (Lipinski definition) is 1. The third-order valence-corrected chi connectivity index (χ3v) is 3.41. The Bertz CT molecular complexity index is 719. The Morgan fingerprint density at radius 2 is 1.64 bits per heavy atom. The molecule has 10 heteroatoms. The van der Waals surface area contributed by atoms with E-state index in [9.17, 15) is 21.6 Å². The number of ether oxygens (including phenoxy) is 1. The fourth-order valence-corrected chi connectivity index (χ4v) is 2.32. The molecule has 0 saturated heterocycles. The normalized spacial score (nSPS) is 12.0. The van der Waals surface area contributed by atoms with Crippen molar-refractivity contribution >= 4 is 16.0 Å². The monoisotopic (exact) mass is 333 g/mol. The Labute approximate surface area is 124 Å². The fourth-order valence-electron chi connectivity index (χ4n) is 1.44. The average Bonchev–Trinajstić information content (AvgIpc) is 2.39. The number of anilines is 1. The van der Waals surface area contributed by atoms with Gasteiger partial charge in [-0.2, -0.15) is 13.2 Å². The van der Waals surface area contributed by atoms with Crippen LogP contribution in [0.25, 0.3) is 0 Å². The highest BCUT2D eigenvalue weighted by Crippen LogP contribution is 2.21. The van der Waals surface area contributed by atoms with Gasteiger partial charge in [-0.15, -0.1) is 0 Å². The maximum absolute atomic E-state index is 12.1. The van der Waals surface area contributed by atoms with Gasteiger partial charge in [-0.25, -0.2) is 18.4 Å². The van der Waals surface area contributed by atoms with Crippen molar-refractivity contribution in [3.8, 4) is 11.5 Å². The zero-order valence-electron chi connectivity index (χ0n) is 10.9. The average molecular weight is 333 g/mol. The van der Waals surface area contributed by atoms with E-state index in [1.54, 1.807) is 35.1 Å². The SMILES string of the molecule is O=S(=O)(CC(F)(F)F)Nc1ncc(Oc2ccccc2)cn1. The largest absolute Gasteiger partial charge is 0.454 e. The molecule has 0 amide bonds. The van der Waals surface area contributed by atoms with Crippen LogP contribution < -0.4 is 9.46 Å². The predicted molar refractivity (Wildman–Crippen MR) is 72.0 cm³/mol. The van der Waals surface area contributed by atoms with E-state index in [4.69, 9.17) is 4.74 Å². The van der Waals surface area contributed by atoms with Crippen LogP contribution in [0.3, 0.4) is 0 Å². The van der Waals surface area contributed by atoms with E-state index in [-0.39, 0.29) is 5.75 Å². The molecule has 1 heterocycles. The van der Waals surface area contributed by atoms with Gasteiger partial charge in [0, 0.05) is 0 Å². The molecule has 2 aromatic rings. The molecule has 0 radical (unpaired) electrons. The van der Waals surface area contributed by atoms with Crippen LogP contribution in [-0.2, 0) is 10.0 Å². The smallest absolute Gasteiger partial charge is 0.404 e. The molecule has 0 atom stereocenters. The molecule has 6 nitrogen and oxygen atoms in total. The van der Waals surface area contributed by atoms with Crippen molar-refractivity contribution < 1.29 is 26.3 Å². The number of alkyl halides is 3. The third kappa shape index (κ3) is 5.20. The van der Waals surface area contributed by atoms with Crippen LogP contribution in [0.4, 0.5) is 19.1 Å². The summed E-state index contributed by atoms with van der Waals surface area (Å²) in [5.41, 5.74) is 0. The van der Waals surface area contributed by atoms with Crippen molar-refractivity contribution in [1.82, 2.24) is 9.97 Å². The summed E-state index contributed by atoms with van der Waals surface area (Å²) < 4.78 is 65.7. The highest BCUT2D eigenvalue weighted by atomic mass is 32.2. The van der Waals surface area contributed by atoms with Crippen LogP contribution in [0, 0.1) is 0 Å². The molecule has 0 aliphatic heterocycles. The van der Waals surface area contributed by atoms with E-state index in [1.807, 2.05) is 0 Å². The minimum absolute atomic E-state index is 0.213. The molecule has 1 aromatic heterocycles. The first-order valence-electron chi connectivity index (χ1n) is 5.86. The van der Waals surface area contributed by atoms with Crippen LogP contribution in [0.1, 0.15) is 0 Å². The van der Waals surface area contributed by atoms with Gasteiger partial charge in [0.05, 0.1) is 12.4 Å². The minimum Gasteiger partial charge on any atom is -0.454 e. The molecule has 0 spiro atoms. The van der Waals surface area contributed by atoms with Crippen molar-refractivity contribution in [3.63, 3.8) is 0 Å². The number of benzene rings is 1. The quantitative estimate of drug-likeness (QED) is 0.909. The lowest BCUT2D eigenvalue weighted by molar-refractivity contribution is -0.106. The van der Waals surface area contributed by atoms with Gasteiger partial charge < -0.3 is 4.74 Å². The highest BCUT2D eigenvalue weighted by Gasteiger charge is 2.35. The summed E-state index contributed by atoms with van der Waals surface area (Å²) in [5.74, 6) is -1.75. The van der Waals surface area contributed by atoms with Crippen molar-refractivity contribution in [1.29, 1.82) is 0 Å². The van der Waals surface area contributed by atoms with E-state index in [0.717, 1.165) is 12.4 Å². The van der Waals surface area contributed by atoms with Crippen LogP contribution >= 0.6 is 0 Å².